The van der Waals surface area contributed by atoms with Crippen LogP contribution in [0.5, 0.6) is 5.75 Å². The highest BCUT2D eigenvalue weighted by atomic mass is 19.4. The molecule has 0 unspecified atom stereocenters. The molecule has 0 bridgehead atoms. The number of aromatic nitrogens is 2. The molecule has 0 aliphatic carbocycles. The van der Waals surface area contributed by atoms with Gasteiger partial charge in [0.25, 0.3) is 0 Å². The van der Waals surface area contributed by atoms with Crippen LogP contribution in [0.2, 0.25) is 0 Å². The summed E-state index contributed by atoms with van der Waals surface area (Å²) in [5.41, 5.74) is -0.494. The molecule has 0 radical (unpaired) electrons. The van der Waals surface area contributed by atoms with Crippen molar-refractivity contribution in [2.45, 2.75) is 6.18 Å². The van der Waals surface area contributed by atoms with Gasteiger partial charge in [0.05, 0.1) is 25.6 Å². The Morgan fingerprint density at radius 1 is 1.14 bits per heavy atom. The molecule has 3 aromatic rings. The molecule has 9 heteroatoms. The van der Waals surface area contributed by atoms with Crippen molar-refractivity contribution in [3.8, 4) is 5.75 Å². The van der Waals surface area contributed by atoms with Crippen molar-refractivity contribution in [3.63, 3.8) is 0 Å². The minimum atomic E-state index is -4.67. The molecule has 5 nitrogen and oxygen atoms in total. The van der Waals surface area contributed by atoms with E-state index in [2.05, 4.69) is 9.98 Å². The standard InChI is InChI=1S/C19H14F4N4O/c1-28-15-6-5-12(10-13(15)20)26-9-7-24-11-14(26)17-18(19(21,22)23)25-16-4-2-3-8-27(16)17/h2-8,10-11H,9H2,1H3. The first-order valence-corrected chi connectivity index (χ1v) is 8.27. The number of alkyl halides is 3. The Morgan fingerprint density at radius 2 is 1.96 bits per heavy atom. The lowest BCUT2D eigenvalue weighted by Gasteiger charge is -2.28. The number of methoxy groups -OCH3 is 1. The van der Waals surface area contributed by atoms with E-state index in [4.69, 9.17) is 4.74 Å². The maximum Gasteiger partial charge on any atom is 0.435 e. The monoisotopic (exact) mass is 390 g/mol. The van der Waals surface area contributed by atoms with Crippen LogP contribution in [-0.4, -0.2) is 29.3 Å². The van der Waals surface area contributed by atoms with Crippen molar-refractivity contribution >= 4 is 23.2 Å². The van der Waals surface area contributed by atoms with Gasteiger partial charge in [0, 0.05) is 24.2 Å². The molecular weight excluding hydrogens is 376 g/mol. The molecule has 0 atom stereocenters. The Kier molecular flexibility index (Phi) is 4.29. The van der Waals surface area contributed by atoms with Crippen LogP contribution in [-0.2, 0) is 6.18 Å². The molecule has 2 aromatic heterocycles. The lowest BCUT2D eigenvalue weighted by Crippen LogP contribution is -2.28. The van der Waals surface area contributed by atoms with Gasteiger partial charge in [-0.25, -0.2) is 9.37 Å². The second kappa shape index (κ2) is 6.66. The van der Waals surface area contributed by atoms with E-state index >= 15 is 0 Å². The number of ether oxygens (including phenoxy) is 1. The van der Waals surface area contributed by atoms with Crippen LogP contribution < -0.4 is 9.64 Å². The average molecular weight is 390 g/mol. The van der Waals surface area contributed by atoms with Gasteiger partial charge in [0.2, 0.25) is 0 Å². The van der Waals surface area contributed by atoms with Gasteiger partial charge in [0.1, 0.15) is 11.3 Å². The summed E-state index contributed by atoms with van der Waals surface area (Å²) in [5, 5.41) is 0. The van der Waals surface area contributed by atoms with E-state index in [1.54, 1.807) is 23.1 Å². The molecule has 3 heterocycles. The largest absolute Gasteiger partial charge is 0.494 e. The van der Waals surface area contributed by atoms with Gasteiger partial charge in [-0.3, -0.25) is 9.39 Å². The van der Waals surface area contributed by atoms with Gasteiger partial charge in [-0.2, -0.15) is 13.2 Å². The molecule has 1 aliphatic heterocycles. The molecule has 0 saturated carbocycles. The second-order valence-corrected chi connectivity index (χ2v) is 6.01. The normalized spacial score (nSPS) is 14.5. The fourth-order valence-electron chi connectivity index (χ4n) is 3.12. The summed E-state index contributed by atoms with van der Waals surface area (Å²) < 4.78 is 61.5. The molecule has 28 heavy (non-hydrogen) atoms. The van der Waals surface area contributed by atoms with Gasteiger partial charge in [-0.05, 0) is 24.3 Å². The third kappa shape index (κ3) is 2.98. The summed E-state index contributed by atoms with van der Waals surface area (Å²) in [6.45, 7) is 0.176. The third-order valence-electron chi connectivity index (χ3n) is 4.35. The zero-order valence-corrected chi connectivity index (χ0v) is 14.6. The van der Waals surface area contributed by atoms with Crippen molar-refractivity contribution in [1.29, 1.82) is 0 Å². The van der Waals surface area contributed by atoms with Crippen molar-refractivity contribution in [2.24, 2.45) is 4.99 Å². The van der Waals surface area contributed by atoms with Crippen LogP contribution in [0.1, 0.15) is 11.4 Å². The first kappa shape index (κ1) is 18.0. The maximum absolute atomic E-state index is 14.2. The van der Waals surface area contributed by atoms with E-state index in [1.165, 1.54) is 48.3 Å². The molecule has 4 rings (SSSR count). The number of nitrogens with zero attached hydrogens (tertiary/aromatic N) is 4. The van der Waals surface area contributed by atoms with E-state index in [0.29, 0.717) is 5.69 Å². The van der Waals surface area contributed by atoms with E-state index < -0.39 is 17.7 Å². The van der Waals surface area contributed by atoms with Crippen molar-refractivity contribution < 1.29 is 22.3 Å². The highest BCUT2D eigenvalue weighted by Crippen LogP contribution is 2.38. The Labute approximate surface area is 157 Å². The van der Waals surface area contributed by atoms with Crippen LogP contribution in [0, 0.1) is 5.82 Å². The molecule has 1 aliphatic rings. The smallest absolute Gasteiger partial charge is 0.435 e. The molecule has 0 fully saturated rings. The molecule has 0 amide bonds. The SMILES string of the molecule is COc1ccc(N2CC=NC=C2c2c(C(F)(F)F)nc3ccccn23)cc1F. The number of anilines is 1. The summed E-state index contributed by atoms with van der Waals surface area (Å²) >= 11 is 0. The minimum Gasteiger partial charge on any atom is -0.494 e. The predicted molar refractivity (Wildman–Crippen MR) is 97.0 cm³/mol. The molecule has 0 N–H and O–H groups in total. The quantitative estimate of drug-likeness (QED) is 0.623. The van der Waals surface area contributed by atoms with Crippen LogP contribution in [0.3, 0.4) is 0 Å². The number of fused-ring (bicyclic) bond motifs is 1. The number of hydrogen-bond acceptors (Lipinski definition) is 4. The van der Waals surface area contributed by atoms with Gasteiger partial charge in [-0.1, -0.05) is 6.07 Å². The van der Waals surface area contributed by atoms with Crippen LogP contribution >= 0.6 is 0 Å². The van der Waals surface area contributed by atoms with Gasteiger partial charge in [0.15, 0.2) is 17.3 Å². The molecular formula is C19H14F4N4O. The van der Waals surface area contributed by atoms with Crippen molar-refractivity contribution in [2.75, 3.05) is 18.6 Å². The number of hydrogen-bond donors (Lipinski definition) is 0. The third-order valence-corrected chi connectivity index (χ3v) is 4.35. The Bertz CT molecular complexity index is 1100. The van der Waals surface area contributed by atoms with Gasteiger partial charge >= 0.3 is 6.18 Å². The highest BCUT2D eigenvalue weighted by Gasteiger charge is 2.40. The van der Waals surface area contributed by atoms with E-state index in [0.717, 1.165) is 0 Å². The Morgan fingerprint density at radius 3 is 2.68 bits per heavy atom. The second-order valence-electron chi connectivity index (χ2n) is 6.01. The average Bonchev–Trinajstić information content (AvgIpc) is 3.08. The summed E-state index contributed by atoms with van der Waals surface area (Å²) in [7, 11) is 1.34. The summed E-state index contributed by atoms with van der Waals surface area (Å²) in [4.78, 5) is 9.32. The molecule has 1 aromatic carbocycles. The Hall–Kier alpha value is -3.36. The summed E-state index contributed by atoms with van der Waals surface area (Å²) in [6.07, 6.45) is -0.321. The van der Waals surface area contributed by atoms with Crippen LogP contribution in [0.4, 0.5) is 23.2 Å². The minimum absolute atomic E-state index is 0.0470. The topological polar surface area (TPSA) is 42.1 Å². The highest BCUT2D eigenvalue weighted by molar-refractivity contribution is 5.87. The molecule has 144 valence electrons. The van der Waals surface area contributed by atoms with Gasteiger partial charge in [-0.15, -0.1) is 0 Å². The lowest BCUT2D eigenvalue weighted by molar-refractivity contribution is -0.141. The Balaban J connectivity index is 1.91. The van der Waals surface area contributed by atoms with Gasteiger partial charge < -0.3 is 9.64 Å². The zero-order valence-electron chi connectivity index (χ0n) is 14.6. The number of aliphatic imine (C=N–C) groups is 1. The van der Waals surface area contributed by atoms with E-state index in [9.17, 15) is 17.6 Å². The maximum atomic E-state index is 14.2. The number of rotatable bonds is 3. The van der Waals surface area contributed by atoms with Crippen LogP contribution in [0.25, 0.3) is 11.3 Å². The fourth-order valence-corrected chi connectivity index (χ4v) is 3.12. The number of imidazole rings is 1. The van der Waals surface area contributed by atoms with Crippen LogP contribution in [0.15, 0.2) is 53.8 Å². The summed E-state index contributed by atoms with van der Waals surface area (Å²) in [6, 6.07) is 8.92. The number of pyridine rings is 1. The van der Waals surface area contributed by atoms with E-state index in [-0.39, 0.29) is 29.3 Å². The zero-order chi connectivity index (χ0) is 19.9. The number of halogens is 4. The number of benzene rings is 1. The predicted octanol–water partition coefficient (Wildman–Crippen LogP) is 4.39. The molecule has 0 spiro atoms. The van der Waals surface area contributed by atoms with Crippen molar-refractivity contribution in [1.82, 2.24) is 9.38 Å². The lowest BCUT2D eigenvalue weighted by atomic mass is 10.1. The van der Waals surface area contributed by atoms with Crippen molar-refractivity contribution in [3.05, 3.63) is 66.0 Å². The summed E-state index contributed by atoms with van der Waals surface area (Å²) in [5.74, 6) is -0.568. The fraction of sp³-hybridized carbons (Fsp3) is 0.158. The first-order valence-electron chi connectivity index (χ1n) is 8.27. The first-order chi connectivity index (χ1) is 13.4. The molecule has 0 saturated heterocycles. The van der Waals surface area contributed by atoms with E-state index in [1.807, 2.05) is 0 Å².